The summed E-state index contributed by atoms with van der Waals surface area (Å²) in [4.78, 5) is 0. The summed E-state index contributed by atoms with van der Waals surface area (Å²) >= 11 is 1.65. The number of hydrogen-bond acceptors (Lipinski definition) is 4. The largest absolute Gasteiger partial charge is 0.314 e. The van der Waals surface area contributed by atoms with Crippen LogP contribution in [0.3, 0.4) is 0 Å². The first-order valence-corrected chi connectivity index (χ1v) is 9.37. The standard InChI is InChI=1S/C14H18N2O2S2/c17-20(18,9-1-7-15-12-2-3-12)16-13-4-5-14-11(10-13)6-8-19-14/h4-6,8,10,12,15-16H,1-3,7,9H2. The van der Waals surface area contributed by atoms with Crippen molar-refractivity contribution in [3.05, 3.63) is 29.6 Å². The van der Waals surface area contributed by atoms with Gasteiger partial charge in [-0.3, -0.25) is 4.72 Å². The molecule has 0 unspecified atom stereocenters. The molecule has 0 bridgehead atoms. The predicted molar refractivity (Wildman–Crippen MR) is 84.9 cm³/mol. The fourth-order valence-electron chi connectivity index (χ4n) is 2.12. The molecule has 2 N–H and O–H groups in total. The van der Waals surface area contributed by atoms with E-state index in [-0.39, 0.29) is 5.75 Å². The van der Waals surface area contributed by atoms with E-state index in [4.69, 9.17) is 0 Å². The molecule has 0 radical (unpaired) electrons. The van der Waals surface area contributed by atoms with Gasteiger partial charge in [0.05, 0.1) is 5.75 Å². The number of benzene rings is 1. The molecule has 3 rings (SSSR count). The summed E-state index contributed by atoms with van der Waals surface area (Å²) in [5.41, 5.74) is 0.644. The number of nitrogens with one attached hydrogen (secondary N) is 2. The Morgan fingerprint density at radius 3 is 2.90 bits per heavy atom. The van der Waals surface area contributed by atoms with Crippen molar-refractivity contribution in [3.63, 3.8) is 0 Å². The van der Waals surface area contributed by atoms with Crippen molar-refractivity contribution >= 4 is 37.1 Å². The van der Waals surface area contributed by atoms with E-state index in [1.54, 1.807) is 11.3 Å². The Bertz CT molecular complexity index is 690. The number of anilines is 1. The highest BCUT2D eigenvalue weighted by Gasteiger charge is 2.20. The zero-order valence-electron chi connectivity index (χ0n) is 11.1. The highest BCUT2D eigenvalue weighted by molar-refractivity contribution is 7.92. The molecular formula is C14H18N2O2S2. The molecular weight excluding hydrogens is 292 g/mol. The minimum absolute atomic E-state index is 0.161. The molecule has 0 spiro atoms. The van der Waals surface area contributed by atoms with Gasteiger partial charge in [0.15, 0.2) is 0 Å². The molecule has 20 heavy (non-hydrogen) atoms. The van der Waals surface area contributed by atoms with Gasteiger partial charge in [-0.05, 0) is 60.8 Å². The summed E-state index contributed by atoms with van der Waals surface area (Å²) in [6.45, 7) is 0.773. The van der Waals surface area contributed by atoms with Crippen LogP contribution in [-0.4, -0.2) is 26.8 Å². The van der Waals surface area contributed by atoms with Crippen LogP contribution in [0.15, 0.2) is 29.6 Å². The third-order valence-electron chi connectivity index (χ3n) is 3.33. The minimum Gasteiger partial charge on any atom is -0.314 e. The Kier molecular flexibility index (Phi) is 3.96. The molecule has 2 aromatic rings. The van der Waals surface area contributed by atoms with Crippen LogP contribution in [0.1, 0.15) is 19.3 Å². The quantitative estimate of drug-likeness (QED) is 0.773. The van der Waals surface area contributed by atoms with Crippen molar-refractivity contribution in [1.29, 1.82) is 0 Å². The summed E-state index contributed by atoms with van der Waals surface area (Å²) < 4.78 is 27.8. The number of hydrogen-bond donors (Lipinski definition) is 2. The van der Waals surface area contributed by atoms with Gasteiger partial charge in [0.2, 0.25) is 10.0 Å². The van der Waals surface area contributed by atoms with E-state index in [2.05, 4.69) is 10.0 Å². The lowest BCUT2D eigenvalue weighted by atomic mass is 10.2. The number of rotatable bonds is 7. The Balaban J connectivity index is 1.56. The second-order valence-electron chi connectivity index (χ2n) is 5.18. The highest BCUT2D eigenvalue weighted by atomic mass is 32.2. The minimum atomic E-state index is -3.25. The molecule has 0 aliphatic heterocycles. The predicted octanol–water partition coefficient (Wildman–Crippen LogP) is 2.79. The summed E-state index contributed by atoms with van der Waals surface area (Å²) in [7, 11) is -3.25. The molecule has 1 fully saturated rings. The lowest BCUT2D eigenvalue weighted by Crippen LogP contribution is -2.23. The summed E-state index contributed by atoms with van der Waals surface area (Å²) in [5.74, 6) is 0.161. The SMILES string of the molecule is O=S(=O)(CCCNC1CC1)Nc1ccc2sccc2c1. The molecule has 1 saturated carbocycles. The van der Waals surface area contributed by atoms with Crippen LogP contribution in [0, 0.1) is 0 Å². The van der Waals surface area contributed by atoms with Crippen LogP contribution in [0.25, 0.3) is 10.1 Å². The van der Waals surface area contributed by atoms with Gasteiger partial charge in [-0.2, -0.15) is 0 Å². The van der Waals surface area contributed by atoms with Gasteiger partial charge in [-0.1, -0.05) is 0 Å². The van der Waals surface area contributed by atoms with Gasteiger partial charge in [0.1, 0.15) is 0 Å². The fourth-order valence-corrected chi connectivity index (χ4v) is 4.00. The van der Waals surface area contributed by atoms with E-state index in [1.807, 2.05) is 29.6 Å². The highest BCUT2D eigenvalue weighted by Crippen LogP contribution is 2.24. The average Bonchev–Trinajstić information content (AvgIpc) is 3.11. The Morgan fingerprint density at radius 2 is 2.10 bits per heavy atom. The maximum Gasteiger partial charge on any atom is 0.232 e. The van der Waals surface area contributed by atoms with Crippen molar-refractivity contribution in [2.45, 2.75) is 25.3 Å². The van der Waals surface area contributed by atoms with Crippen LogP contribution < -0.4 is 10.0 Å². The number of thiophene rings is 1. The molecule has 1 aromatic carbocycles. The van der Waals surface area contributed by atoms with E-state index in [0.29, 0.717) is 18.2 Å². The Hall–Kier alpha value is -1.11. The fraction of sp³-hybridized carbons (Fsp3) is 0.429. The molecule has 4 nitrogen and oxygen atoms in total. The first kappa shape index (κ1) is 13.9. The summed E-state index contributed by atoms with van der Waals surface area (Å²) in [6, 6.07) is 8.28. The smallest absolute Gasteiger partial charge is 0.232 e. The normalized spacial score (nSPS) is 15.6. The topological polar surface area (TPSA) is 58.2 Å². The van der Waals surface area contributed by atoms with Crippen LogP contribution >= 0.6 is 11.3 Å². The second-order valence-corrected chi connectivity index (χ2v) is 7.97. The number of sulfonamides is 1. The maximum absolute atomic E-state index is 12.0. The van der Waals surface area contributed by atoms with Crippen LogP contribution in [-0.2, 0) is 10.0 Å². The summed E-state index contributed by atoms with van der Waals surface area (Å²) in [6.07, 6.45) is 3.10. The van der Waals surface area contributed by atoms with Gasteiger partial charge in [0, 0.05) is 16.4 Å². The monoisotopic (exact) mass is 310 g/mol. The second kappa shape index (κ2) is 5.71. The molecule has 108 valence electrons. The maximum atomic E-state index is 12.0. The van der Waals surface area contributed by atoms with Crippen molar-refractivity contribution in [3.8, 4) is 0 Å². The van der Waals surface area contributed by atoms with Crippen LogP contribution in [0.4, 0.5) is 5.69 Å². The van der Waals surface area contributed by atoms with Gasteiger partial charge >= 0.3 is 0 Å². The van der Waals surface area contributed by atoms with Crippen molar-refractivity contribution < 1.29 is 8.42 Å². The van der Waals surface area contributed by atoms with E-state index in [0.717, 1.165) is 11.9 Å². The van der Waals surface area contributed by atoms with E-state index in [9.17, 15) is 8.42 Å². The third-order valence-corrected chi connectivity index (χ3v) is 5.60. The molecule has 1 heterocycles. The number of fused-ring (bicyclic) bond motifs is 1. The van der Waals surface area contributed by atoms with Crippen LogP contribution in [0.2, 0.25) is 0 Å². The lowest BCUT2D eigenvalue weighted by molar-refractivity contribution is 0.593. The molecule has 0 saturated heterocycles. The van der Waals surface area contributed by atoms with Crippen LogP contribution in [0.5, 0.6) is 0 Å². The lowest BCUT2D eigenvalue weighted by Gasteiger charge is -2.08. The summed E-state index contributed by atoms with van der Waals surface area (Å²) in [5, 5.41) is 6.40. The molecule has 0 atom stereocenters. The van der Waals surface area contributed by atoms with E-state index < -0.39 is 10.0 Å². The first-order chi connectivity index (χ1) is 9.62. The molecule has 1 aromatic heterocycles. The molecule has 0 amide bonds. The Morgan fingerprint density at radius 1 is 1.25 bits per heavy atom. The zero-order chi connectivity index (χ0) is 14.0. The molecule has 6 heteroatoms. The molecule has 1 aliphatic rings. The van der Waals surface area contributed by atoms with E-state index in [1.165, 1.54) is 17.5 Å². The third kappa shape index (κ3) is 3.71. The van der Waals surface area contributed by atoms with Gasteiger partial charge in [-0.15, -0.1) is 11.3 Å². The van der Waals surface area contributed by atoms with Gasteiger partial charge in [0.25, 0.3) is 0 Å². The van der Waals surface area contributed by atoms with Crippen molar-refractivity contribution in [1.82, 2.24) is 5.32 Å². The van der Waals surface area contributed by atoms with E-state index >= 15 is 0 Å². The van der Waals surface area contributed by atoms with Gasteiger partial charge < -0.3 is 5.32 Å². The van der Waals surface area contributed by atoms with Gasteiger partial charge in [-0.25, -0.2) is 8.42 Å². The average molecular weight is 310 g/mol. The van der Waals surface area contributed by atoms with Crippen molar-refractivity contribution in [2.75, 3.05) is 17.0 Å². The molecule has 1 aliphatic carbocycles. The van der Waals surface area contributed by atoms with Crippen molar-refractivity contribution in [2.24, 2.45) is 0 Å². The zero-order valence-corrected chi connectivity index (χ0v) is 12.8. The Labute approximate surface area is 123 Å². The first-order valence-electron chi connectivity index (χ1n) is 6.83.